The Kier molecular flexibility index (Phi) is 7.33. The van der Waals surface area contributed by atoms with Crippen molar-refractivity contribution >= 4 is 33.9 Å². The van der Waals surface area contributed by atoms with Crippen LogP contribution in [0.3, 0.4) is 0 Å². The Hall–Kier alpha value is -3.58. The number of rotatable bonds is 8. The molecule has 0 saturated carbocycles. The monoisotopic (exact) mass is 520 g/mol. The predicted molar refractivity (Wildman–Crippen MR) is 134 cm³/mol. The molecule has 0 radical (unpaired) electrons. The zero-order valence-corrected chi connectivity index (χ0v) is 20.6. The fraction of sp³-hybridized carbons (Fsp3) is 0.185. The lowest BCUT2D eigenvalue weighted by molar-refractivity contribution is -0.123. The van der Waals surface area contributed by atoms with Crippen LogP contribution < -0.4 is 14.8 Å². The minimum Gasteiger partial charge on any atom is -0.490 e. The Balaban J connectivity index is 1.55. The molecule has 0 spiro atoms. The van der Waals surface area contributed by atoms with Crippen molar-refractivity contribution in [2.24, 2.45) is 0 Å². The lowest BCUT2D eigenvalue weighted by Crippen LogP contribution is -2.30. The molecule has 174 valence electrons. The first-order chi connectivity index (χ1) is 16.4. The van der Waals surface area contributed by atoms with Crippen molar-refractivity contribution in [1.29, 1.82) is 0 Å². The highest BCUT2D eigenvalue weighted by atomic mass is 79.9. The molecule has 1 heterocycles. The molecule has 0 aromatic heterocycles. The van der Waals surface area contributed by atoms with Gasteiger partial charge < -0.3 is 14.8 Å². The predicted octanol–water partition coefficient (Wildman–Crippen LogP) is 5.83. The van der Waals surface area contributed by atoms with E-state index in [0.29, 0.717) is 34.7 Å². The van der Waals surface area contributed by atoms with Crippen LogP contribution in [0.25, 0.3) is 6.08 Å². The Morgan fingerprint density at radius 1 is 0.941 bits per heavy atom. The van der Waals surface area contributed by atoms with Gasteiger partial charge in [-0.05, 0) is 48.7 Å². The molecule has 0 aliphatic carbocycles. The summed E-state index contributed by atoms with van der Waals surface area (Å²) in [6.45, 7) is 4.95. The molecule has 1 aliphatic heterocycles. The largest absolute Gasteiger partial charge is 0.490 e. The molecule has 3 aromatic rings. The van der Waals surface area contributed by atoms with Gasteiger partial charge in [-0.15, -0.1) is 0 Å². The summed E-state index contributed by atoms with van der Waals surface area (Å²) in [5.41, 5.74) is 3.94. The maximum Gasteiger partial charge on any atom is 0.329 e. The van der Waals surface area contributed by atoms with Crippen LogP contribution in [-0.2, 0) is 17.9 Å². The molecule has 1 saturated heterocycles. The molecule has 1 aliphatic rings. The van der Waals surface area contributed by atoms with Gasteiger partial charge in [-0.3, -0.25) is 9.69 Å². The molecule has 34 heavy (non-hydrogen) atoms. The Morgan fingerprint density at radius 2 is 1.65 bits per heavy atom. The average Bonchev–Trinajstić information content (AvgIpc) is 3.09. The highest BCUT2D eigenvalue weighted by molar-refractivity contribution is 9.10. The third kappa shape index (κ3) is 5.48. The number of amides is 3. The molecule has 0 bridgehead atoms. The molecule has 0 unspecified atom stereocenters. The number of hydrogen-bond donors (Lipinski definition) is 1. The zero-order chi connectivity index (χ0) is 24.1. The van der Waals surface area contributed by atoms with E-state index in [2.05, 4.69) is 21.2 Å². The first kappa shape index (κ1) is 23.6. The number of halogens is 1. The maximum absolute atomic E-state index is 12.9. The highest BCUT2D eigenvalue weighted by Crippen LogP contribution is 2.35. The second kappa shape index (κ2) is 10.6. The number of nitrogens with one attached hydrogen (secondary N) is 1. The fourth-order valence-corrected chi connectivity index (χ4v) is 3.96. The topological polar surface area (TPSA) is 67.9 Å². The summed E-state index contributed by atoms with van der Waals surface area (Å²) >= 11 is 3.56. The summed E-state index contributed by atoms with van der Waals surface area (Å²) in [6, 6.07) is 20.8. The van der Waals surface area contributed by atoms with Gasteiger partial charge in [0.1, 0.15) is 12.3 Å². The molecular weight excluding hydrogens is 496 g/mol. The van der Waals surface area contributed by atoms with Crippen molar-refractivity contribution in [3.05, 3.63) is 99.2 Å². The second-order valence-electron chi connectivity index (χ2n) is 7.89. The van der Waals surface area contributed by atoms with Crippen LogP contribution >= 0.6 is 15.9 Å². The van der Waals surface area contributed by atoms with Crippen molar-refractivity contribution in [2.75, 3.05) is 6.61 Å². The molecule has 7 heteroatoms. The van der Waals surface area contributed by atoms with E-state index in [1.54, 1.807) is 12.1 Å². The standard InChI is InChI=1S/C27H25BrN2O4/c1-3-33-24-14-21(22(28)15-25(24)34-17-20-7-5-4-6-8-20)13-23-26(31)30(27(32)29-23)16-19-11-9-18(2)10-12-19/h4-15H,3,16-17H2,1-2H3,(H,29,32)/b23-13+. The van der Waals surface area contributed by atoms with Crippen LogP contribution in [-0.4, -0.2) is 23.4 Å². The first-order valence-electron chi connectivity index (χ1n) is 11.0. The molecular formula is C27H25BrN2O4. The average molecular weight is 521 g/mol. The van der Waals surface area contributed by atoms with E-state index in [4.69, 9.17) is 9.47 Å². The number of imide groups is 1. The third-order valence-corrected chi connectivity index (χ3v) is 6.01. The van der Waals surface area contributed by atoms with Gasteiger partial charge in [-0.25, -0.2) is 4.79 Å². The van der Waals surface area contributed by atoms with Gasteiger partial charge in [0.25, 0.3) is 5.91 Å². The van der Waals surface area contributed by atoms with Crippen molar-refractivity contribution in [3.63, 3.8) is 0 Å². The van der Waals surface area contributed by atoms with Gasteiger partial charge in [-0.1, -0.05) is 76.1 Å². The van der Waals surface area contributed by atoms with Crippen molar-refractivity contribution in [3.8, 4) is 11.5 Å². The summed E-state index contributed by atoms with van der Waals surface area (Å²) < 4.78 is 12.5. The van der Waals surface area contributed by atoms with Gasteiger partial charge >= 0.3 is 6.03 Å². The van der Waals surface area contributed by atoms with Gasteiger partial charge in [0.15, 0.2) is 11.5 Å². The van der Waals surface area contributed by atoms with Gasteiger partial charge in [-0.2, -0.15) is 0 Å². The Bertz CT molecular complexity index is 1220. The van der Waals surface area contributed by atoms with Crippen LogP contribution in [0.1, 0.15) is 29.2 Å². The molecule has 1 fully saturated rings. The lowest BCUT2D eigenvalue weighted by Gasteiger charge is -2.14. The summed E-state index contributed by atoms with van der Waals surface area (Å²) in [5, 5.41) is 2.68. The Morgan fingerprint density at radius 3 is 2.35 bits per heavy atom. The van der Waals surface area contributed by atoms with Crippen molar-refractivity contribution < 1.29 is 19.1 Å². The first-order valence-corrected chi connectivity index (χ1v) is 11.8. The number of nitrogens with zero attached hydrogens (tertiary/aromatic N) is 1. The molecule has 3 amide bonds. The van der Waals surface area contributed by atoms with E-state index in [-0.39, 0.29) is 18.1 Å². The number of ether oxygens (including phenoxy) is 2. The number of urea groups is 1. The second-order valence-corrected chi connectivity index (χ2v) is 8.75. The minimum atomic E-state index is -0.444. The Labute approximate surface area is 207 Å². The quantitative estimate of drug-likeness (QED) is 0.299. The molecule has 4 rings (SSSR count). The molecule has 6 nitrogen and oxygen atoms in total. The summed E-state index contributed by atoms with van der Waals surface area (Å²) in [4.78, 5) is 26.6. The van der Waals surface area contributed by atoms with E-state index < -0.39 is 6.03 Å². The minimum absolute atomic E-state index is 0.207. The zero-order valence-electron chi connectivity index (χ0n) is 19.0. The van der Waals surface area contributed by atoms with Crippen LogP contribution in [0.4, 0.5) is 4.79 Å². The van der Waals surface area contributed by atoms with E-state index in [1.165, 1.54) is 4.90 Å². The van der Waals surface area contributed by atoms with Gasteiger partial charge in [0, 0.05) is 4.47 Å². The van der Waals surface area contributed by atoms with E-state index >= 15 is 0 Å². The fourth-order valence-electron chi connectivity index (χ4n) is 3.52. The summed E-state index contributed by atoms with van der Waals surface area (Å²) in [7, 11) is 0. The SMILES string of the molecule is CCOc1cc(/C=C2/NC(=O)N(Cc3ccc(C)cc3)C2=O)c(Br)cc1OCc1ccccc1. The van der Waals surface area contributed by atoms with E-state index in [9.17, 15) is 9.59 Å². The van der Waals surface area contributed by atoms with Crippen LogP contribution in [0.2, 0.25) is 0 Å². The van der Waals surface area contributed by atoms with Crippen molar-refractivity contribution in [1.82, 2.24) is 10.2 Å². The smallest absolute Gasteiger partial charge is 0.329 e. The van der Waals surface area contributed by atoms with E-state index in [0.717, 1.165) is 16.7 Å². The number of hydrogen-bond acceptors (Lipinski definition) is 4. The summed E-state index contributed by atoms with van der Waals surface area (Å²) in [5.74, 6) is 0.768. The number of benzene rings is 3. The summed E-state index contributed by atoms with van der Waals surface area (Å²) in [6.07, 6.45) is 1.64. The molecule has 3 aromatic carbocycles. The number of carbonyl (C=O) groups excluding carboxylic acids is 2. The van der Waals surface area contributed by atoms with Gasteiger partial charge in [0.05, 0.1) is 13.2 Å². The molecule has 1 N–H and O–H groups in total. The molecule has 0 atom stereocenters. The highest BCUT2D eigenvalue weighted by Gasteiger charge is 2.33. The normalized spacial score (nSPS) is 14.4. The lowest BCUT2D eigenvalue weighted by atomic mass is 10.1. The van der Waals surface area contributed by atoms with Crippen LogP contribution in [0, 0.1) is 6.92 Å². The third-order valence-electron chi connectivity index (χ3n) is 5.32. The van der Waals surface area contributed by atoms with Gasteiger partial charge in [0.2, 0.25) is 0 Å². The van der Waals surface area contributed by atoms with Crippen LogP contribution in [0.5, 0.6) is 11.5 Å². The number of aryl methyl sites for hydroxylation is 1. The van der Waals surface area contributed by atoms with Crippen molar-refractivity contribution in [2.45, 2.75) is 27.0 Å². The van der Waals surface area contributed by atoms with E-state index in [1.807, 2.05) is 74.5 Å². The number of carbonyl (C=O) groups is 2. The van der Waals surface area contributed by atoms with Crippen LogP contribution in [0.15, 0.2) is 76.9 Å². The maximum atomic E-state index is 12.9.